The van der Waals surface area contributed by atoms with Crippen molar-refractivity contribution in [2.24, 2.45) is 0 Å². The van der Waals surface area contributed by atoms with Crippen LogP contribution in [0, 0.1) is 0 Å². The van der Waals surface area contributed by atoms with Crippen molar-refractivity contribution in [3.63, 3.8) is 0 Å². The lowest BCUT2D eigenvalue weighted by atomic mass is 10.1. The van der Waals surface area contributed by atoms with Crippen molar-refractivity contribution in [1.29, 1.82) is 0 Å². The van der Waals surface area contributed by atoms with Crippen molar-refractivity contribution in [1.82, 2.24) is 5.32 Å². The topological polar surface area (TPSA) is 59.3 Å². The quantitative estimate of drug-likeness (QED) is 0.808. The number of hydrogen-bond acceptors (Lipinski definition) is 4. The van der Waals surface area contributed by atoms with E-state index in [1.165, 1.54) is 6.26 Å². The molecule has 0 spiro atoms. The Morgan fingerprint density at radius 3 is 2.59 bits per heavy atom. The predicted molar refractivity (Wildman–Crippen MR) is 68.8 cm³/mol. The molecule has 98 valence electrons. The van der Waals surface area contributed by atoms with E-state index in [1.807, 2.05) is 19.1 Å². The summed E-state index contributed by atoms with van der Waals surface area (Å²) in [5.41, 5.74) is 0. The number of hydrogen-bond donors (Lipinski definition) is 1. The van der Waals surface area contributed by atoms with Crippen molar-refractivity contribution in [3.8, 4) is 0 Å². The summed E-state index contributed by atoms with van der Waals surface area (Å²) in [7, 11) is -2.91. The van der Waals surface area contributed by atoms with E-state index in [1.54, 1.807) is 6.26 Å². The summed E-state index contributed by atoms with van der Waals surface area (Å²) in [6, 6.07) is 4.08. The van der Waals surface area contributed by atoms with Crippen LogP contribution >= 0.6 is 0 Å². The van der Waals surface area contributed by atoms with E-state index in [0.717, 1.165) is 18.6 Å². The molecule has 1 rings (SSSR count). The van der Waals surface area contributed by atoms with E-state index in [2.05, 4.69) is 12.2 Å². The highest BCUT2D eigenvalue weighted by molar-refractivity contribution is 7.90. The number of rotatable bonds is 7. The van der Waals surface area contributed by atoms with Gasteiger partial charge in [-0.05, 0) is 32.4 Å². The van der Waals surface area contributed by atoms with Crippen molar-refractivity contribution in [3.05, 3.63) is 24.2 Å². The third-order valence-corrected chi connectivity index (χ3v) is 3.63. The molecule has 2 atom stereocenters. The molecule has 0 radical (unpaired) electrons. The standard InChI is InChI=1S/C12H21NO3S/c1-10(6-7-12-5-4-8-16-12)13-11(2)9-17(3,14)15/h4-5,8,10-11,13H,6-7,9H2,1-3H3. The molecule has 1 aromatic heterocycles. The smallest absolute Gasteiger partial charge is 0.148 e. The molecular weight excluding hydrogens is 238 g/mol. The van der Waals surface area contributed by atoms with Gasteiger partial charge in [0.15, 0.2) is 0 Å². The van der Waals surface area contributed by atoms with Crippen LogP contribution in [0.1, 0.15) is 26.0 Å². The van der Waals surface area contributed by atoms with E-state index < -0.39 is 9.84 Å². The highest BCUT2D eigenvalue weighted by Crippen LogP contribution is 2.06. The lowest BCUT2D eigenvalue weighted by Gasteiger charge is -2.18. The Morgan fingerprint density at radius 2 is 2.06 bits per heavy atom. The molecule has 1 heterocycles. The van der Waals surface area contributed by atoms with Gasteiger partial charge in [0.2, 0.25) is 0 Å². The summed E-state index contributed by atoms with van der Waals surface area (Å²) in [4.78, 5) is 0. The van der Waals surface area contributed by atoms with Crippen LogP contribution in [0.3, 0.4) is 0 Å². The first-order valence-corrected chi connectivity index (χ1v) is 7.89. The highest BCUT2D eigenvalue weighted by Gasteiger charge is 2.13. The molecule has 1 aromatic rings. The van der Waals surface area contributed by atoms with Crippen molar-refractivity contribution >= 4 is 9.84 Å². The number of furan rings is 1. The average molecular weight is 259 g/mol. The van der Waals surface area contributed by atoms with Crippen LogP contribution in [-0.2, 0) is 16.3 Å². The van der Waals surface area contributed by atoms with E-state index in [0.29, 0.717) is 0 Å². The van der Waals surface area contributed by atoms with Crippen LogP contribution < -0.4 is 5.32 Å². The minimum atomic E-state index is -2.91. The Balaban J connectivity index is 2.27. The number of nitrogens with one attached hydrogen (secondary N) is 1. The molecule has 17 heavy (non-hydrogen) atoms. The summed E-state index contributed by atoms with van der Waals surface area (Å²) >= 11 is 0. The fourth-order valence-electron chi connectivity index (χ4n) is 1.88. The van der Waals surface area contributed by atoms with Crippen molar-refractivity contribution in [2.45, 2.75) is 38.8 Å². The summed E-state index contributed by atoms with van der Waals surface area (Å²) in [6.45, 7) is 3.95. The fourth-order valence-corrected chi connectivity index (χ4v) is 2.89. The summed E-state index contributed by atoms with van der Waals surface area (Å²) in [5, 5.41) is 3.28. The molecule has 5 heteroatoms. The fraction of sp³-hybridized carbons (Fsp3) is 0.667. The molecule has 0 aliphatic heterocycles. The maximum Gasteiger partial charge on any atom is 0.148 e. The predicted octanol–water partition coefficient (Wildman–Crippen LogP) is 1.62. The molecule has 0 fully saturated rings. The largest absolute Gasteiger partial charge is 0.469 e. The van der Waals surface area contributed by atoms with Gasteiger partial charge in [-0.15, -0.1) is 0 Å². The minimum absolute atomic E-state index is 0.0170. The summed E-state index contributed by atoms with van der Waals surface area (Å²) in [5.74, 6) is 1.15. The molecule has 0 aliphatic rings. The van der Waals surface area contributed by atoms with Gasteiger partial charge in [0.25, 0.3) is 0 Å². The monoisotopic (exact) mass is 259 g/mol. The van der Waals surface area contributed by atoms with Crippen LogP contribution in [0.5, 0.6) is 0 Å². The third kappa shape index (κ3) is 6.48. The highest BCUT2D eigenvalue weighted by atomic mass is 32.2. The van der Waals surface area contributed by atoms with Gasteiger partial charge in [0.1, 0.15) is 15.6 Å². The Hall–Kier alpha value is -0.810. The zero-order valence-electron chi connectivity index (χ0n) is 10.6. The average Bonchev–Trinajstić information content (AvgIpc) is 2.63. The van der Waals surface area contributed by atoms with Gasteiger partial charge in [-0.25, -0.2) is 8.42 Å². The molecule has 0 saturated heterocycles. The van der Waals surface area contributed by atoms with Gasteiger partial charge in [-0.1, -0.05) is 0 Å². The molecule has 0 saturated carbocycles. The Kier molecular flexibility index (Phi) is 5.21. The Morgan fingerprint density at radius 1 is 1.35 bits per heavy atom. The normalized spacial score (nSPS) is 15.7. The second-order valence-electron chi connectivity index (χ2n) is 4.68. The zero-order valence-corrected chi connectivity index (χ0v) is 11.5. The van der Waals surface area contributed by atoms with E-state index in [4.69, 9.17) is 4.42 Å². The molecular formula is C12H21NO3S. The van der Waals surface area contributed by atoms with Gasteiger partial charge in [0, 0.05) is 24.8 Å². The first kappa shape index (κ1) is 14.3. The van der Waals surface area contributed by atoms with Crippen LogP contribution in [-0.4, -0.2) is 32.5 Å². The van der Waals surface area contributed by atoms with E-state index in [9.17, 15) is 8.42 Å². The lowest BCUT2D eigenvalue weighted by Crippen LogP contribution is -2.39. The van der Waals surface area contributed by atoms with Crippen LogP contribution in [0.15, 0.2) is 22.8 Å². The van der Waals surface area contributed by atoms with Gasteiger partial charge in [-0.2, -0.15) is 0 Å². The summed E-state index contributed by atoms with van der Waals surface area (Å²) in [6.07, 6.45) is 4.73. The zero-order chi connectivity index (χ0) is 12.9. The van der Waals surface area contributed by atoms with Gasteiger partial charge in [0.05, 0.1) is 12.0 Å². The number of sulfone groups is 1. The molecule has 4 nitrogen and oxygen atoms in total. The van der Waals surface area contributed by atoms with Crippen molar-refractivity contribution < 1.29 is 12.8 Å². The SMILES string of the molecule is CC(CCc1ccco1)NC(C)CS(C)(=O)=O. The van der Waals surface area contributed by atoms with E-state index in [-0.39, 0.29) is 17.8 Å². The van der Waals surface area contributed by atoms with Gasteiger partial charge < -0.3 is 9.73 Å². The van der Waals surface area contributed by atoms with E-state index >= 15 is 0 Å². The Labute approximate surface area is 103 Å². The van der Waals surface area contributed by atoms with Gasteiger partial charge in [-0.3, -0.25) is 0 Å². The molecule has 0 aromatic carbocycles. The maximum absolute atomic E-state index is 11.1. The molecule has 1 N–H and O–H groups in total. The number of aryl methyl sites for hydroxylation is 1. The first-order valence-electron chi connectivity index (χ1n) is 5.83. The maximum atomic E-state index is 11.1. The van der Waals surface area contributed by atoms with Crippen LogP contribution in [0.4, 0.5) is 0 Å². The first-order chi connectivity index (χ1) is 7.87. The molecule has 0 aliphatic carbocycles. The van der Waals surface area contributed by atoms with Crippen LogP contribution in [0.2, 0.25) is 0 Å². The molecule has 2 unspecified atom stereocenters. The second kappa shape index (κ2) is 6.21. The molecule has 0 bridgehead atoms. The minimum Gasteiger partial charge on any atom is -0.469 e. The third-order valence-electron chi connectivity index (χ3n) is 2.53. The van der Waals surface area contributed by atoms with Crippen LogP contribution in [0.25, 0.3) is 0 Å². The second-order valence-corrected chi connectivity index (χ2v) is 6.86. The molecule has 0 amide bonds. The van der Waals surface area contributed by atoms with Crippen molar-refractivity contribution in [2.75, 3.05) is 12.0 Å². The Bertz CT molecular complexity index is 411. The summed E-state index contributed by atoms with van der Waals surface area (Å²) < 4.78 is 27.5. The van der Waals surface area contributed by atoms with Gasteiger partial charge >= 0.3 is 0 Å². The lowest BCUT2D eigenvalue weighted by molar-refractivity contribution is 0.436.